The Morgan fingerprint density at radius 3 is 2.47 bits per heavy atom. The molecule has 0 saturated heterocycles. The van der Waals surface area contributed by atoms with E-state index in [0.29, 0.717) is 34.1 Å². The van der Waals surface area contributed by atoms with E-state index in [-0.39, 0.29) is 35.1 Å². The van der Waals surface area contributed by atoms with Gasteiger partial charge in [0.05, 0.1) is 33.2 Å². The predicted octanol–water partition coefficient (Wildman–Crippen LogP) is 6.12. The number of hydrogen-bond acceptors (Lipinski definition) is 7. The van der Waals surface area contributed by atoms with E-state index in [9.17, 15) is 23.1 Å². The van der Waals surface area contributed by atoms with Crippen LogP contribution in [0.4, 0.5) is 11.4 Å². The van der Waals surface area contributed by atoms with Crippen molar-refractivity contribution < 1.29 is 27.9 Å². The number of benzene rings is 4. The number of carbonyl (C=O) groups excluding carboxylic acids is 2. The van der Waals surface area contributed by atoms with E-state index in [1.165, 1.54) is 35.2 Å². The molecule has 11 heteroatoms. The summed E-state index contributed by atoms with van der Waals surface area (Å²) in [4.78, 5) is 31.1. The fourth-order valence-electron chi connectivity index (χ4n) is 4.83. The van der Waals surface area contributed by atoms with Crippen LogP contribution in [0, 0.1) is 0 Å². The Morgan fingerprint density at radius 1 is 0.911 bits per heavy atom. The van der Waals surface area contributed by atoms with Crippen LogP contribution >= 0.6 is 11.6 Å². The molecule has 5 aromatic rings. The van der Waals surface area contributed by atoms with Crippen molar-refractivity contribution in [2.24, 2.45) is 5.73 Å². The second-order valence-electron chi connectivity index (χ2n) is 10.4. The summed E-state index contributed by atoms with van der Waals surface area (Å²) in [6, 6.07) is 28.9. The lowest BCUT2D eigenvalue weighted by atomic mass is 10.1. The Bertz CT molecular complexity index is 1970. The fraction of sp³-hybridized carbons (Fsp3) is 0.147. The Balaban J connectivity index is 1.36. The predicted molar refractivity (Wildman–Crippen MR) is 173 cm³/mol. The zero-order valence-corrected chi connectivity index (χ0v) is 25.7. The minimum atomic E-state index is -3.54. The molecule has 0 unspecified atom stereocenters. The molecule has 0 radical (unpaired) electrons. The molecule has 9 nitrogen and oxygen atoms in total. The molecule has 5 rings (SSSR count). The van der Waals surface area contributed by atoms with E-state index in [2.05, 4.69) is 4.98 Å². The largest absolute Gasteiger partial charge is 0.506 e. The van der Waals surface area contributed by atoms with Crippen LogP contribution in [-0.4, -0.2) is 36.1 Å². The maximum absolute atomic E-state index is 13.3. The molecule has 1 aromatic heterocycles. The van der Waals surface area contributed by atoms with E-state index >= 15 is 0 Å². The first-order valence-corrected chi connectivity index (χ1v) is 16.1. The highest BCUT2D eigenvalue weighted by atomic mass is 35.5. The van der Waals surface area contributed by atoms with Crippen molar-refractivity contribution in [1.82, 2.24) is 4.98 Å². The zero-order chi connectivity index (χ0) is 32.0. The maximum Gasteiger partial charge on any atom is 0.241 e. The fourth-order valence-corrected chi connectivity index (χ4v) is 6.27. The minimum Gasteiger partial charge on any atom is -0.506 e. The third-order valence-electron chi connectivity index (χ3n) is 7.03. The van der Waals surface area contributed by atoms with Crippen LogP contribution < -0.4 is 15.4 Å². The van der Waals surface area contributed by atoms with Gasteiger partial charge in [0.1, 0.15) is 24.5 Å². The maximum atomic E-state index is 13.3. The first-order valence-electron chi connectivity index (χ1n) is 14.1. The highest BCUT2D eigenvalue weighted by Gasteiger charge is 2.24. The molecule has 4 aromatic carbocycles. The van der Waals surface area contributed by atoms with Crippen molar-refractivity contribution >= 4 is 55.5 Å². The Hall–Kier alpha value is -4.93. The first-order chi connectivity index (χ1) is 21.6. The minimum absolute atomic E-state index is 0.111. The highest BCUT2D eigenvalue weighted by Crippen LogP contribution is 2.36. The summed E-state index contributed by atoms with van der Waals surface area (Å²) < 4.78 is 31.5. The van der Waals surface area contributed by atoms with Gasteiger partial charge in [0.15, 0.2) is 9.84 Å². The van der Waals surface area contributed by atoms with Gasteiger partial charge in [0, 0.05) is 16.5 Å². The van der Waals surface area contributed by atoms with Crippen molar-refractivity contribution in [2.75, 3.05) is 10.7 Å². The number of nitrogens with two attached hydrogens (primary N) is 1. The second kappa shape index (κ2) is 13.8. The number of ether oxygens (including phenoxy) is 1. The van der Waals surface area contributed by atoms with Crippen molar-refractivity contribution in [2.45, 2.75) is 30.8 Å². The van der Waals surface area contributed by atoms with Crippen LogP contribution in [0.25, 0.3) is 10.9 Å². The third kappa shape index (κ3) is 7.97. The third-order valence-corrected chi connectivity index (χ3v) is 9.09. The lowest BCUT2D eigenvalue weighted by Gasteiger charge is -2.24. The molecule has 230 valence electrons. The Morgan fingerprint density at radius 2 is 1.69 bits per heavy atom. The SMILES string of the molecule is NC(=O)CC(=O)N(c1cccc(OCc2ccc3ccccc3n2)c1)c1cc(CCCS(=O)(=O)c2ccc(Cl)cc2)ccc1O. The molecule has 0 saturated carbocycles. The molecular weight excluding hydrogens is 614 g/mol. The van der Waals surface area contributed by atoms with E-state index in [0.717, 1.165) is 10.9 Å². The van der Waals surface area contributed by atoms with Crippen LogP contribution in [0.5, 0.6) is 11.5 Å². The number of hydrogen-bond donors (Lipinski definition) is 2. The number of carbonyl (C=O) groups is 2. The average Bonchev–Trinajstić information content (AvgIpc) is 3.01. The molecule has 0 fully saturated rings. The van der Waals surface area contributed by atoms with Crippen LogP contribution in [0.3, 0.4) is 0 Å². The number of aryl methyl sites for hydroxylation is 1. The van der Waals surface area contributed by atoms with E-state index in [1.54, 1.807) is 36.4 Å². The molecule has 0 aliphatic rings. The van der Waals surface area contributed by atoms with Gasteiger partial charge in [-0.2, -0.15) is 0 Å². The topological polar surface area (TPSA) is 140 Å². The van der Waals surface area contributed by atoms with Crippen molar-refractivity contribution in [3.05, 3.63) is 119 Å². The number of halogens is 1. The smallest absolute Gasteiger partial charge is 0.241 e. The van der Waals surface area contributed by atoms with E-state index < -0.39 is 28.1 Å². The van der Waals surface area contributed by atoms with Crippen LogP contribution in [0.1, 0.15) is 24.1 Å². The number of anilines is 2. The van der Waals surface area contributed by atoms with Gasteiger partial charge in [-0.05, 0) is 79.1 Å². The van der Waals surface area contributed by atoms with Crippen LogP contribution in [0.2, 0.25) is 5.02 Å². The number of aromatic nitrogens is 1. The lowest BCUT2D eigenvalue weighted by molar-refractivity contribution is -0.125. The molecule has 3 N–H and O–H groups in total. The highest BCUT2D eigenvalue weighted by molar-refractivity contribution is 7.91. The van der Waals surface area contributed by atoms with Gasteiger partial charge in [-0.25, -0.2) is 13.4 Å². The quantitative estimate of drug-likeness (QED) is 0.156. The molecule has 0 atom stereocenters. The Labute approximate surface area is 265 Å². The van der Waals surface area contributed by atoms with Gasteiger partial charge in [0.2, 0.25) is 11.8 Å². The summed E-state index contributed by atoms with van der Waals surface area (Å²) in [7, 11) is -3.54. The summed E-state index contributed by atoms with van der Waals surface area (Å²) in [6.45, 7) is 0.170. The van der Waals surface area contributed by atoms with Gasteiger partial charge in [-0.15, -0.1) is 0 Å². The van der Waals surface area contributed by atoms with Crippen LogP contribution in [-0.2, 0) is 32.5 Å². The number of pyridine rings is 1. The lowest BCUT2D eigenvalue weighted by Crippen LogP contribution is -2.30. The molecule has 45 heavy (non-hydrogen) atoms. The Kier molecular flexibility index (Phi) is 9.65. The summed E-state index contributed by atoms with van der Waals surface area (Å²) in [5, 5.41) is 12.3. The van der Waals surface area contributed by atoms with Crippen molar-refractivity contribution in [1.29, 1.82) is 0 Å². The van der Waals surface area contributed by atoms with E-state index in [4.69, 9.17) is 22.1 Å². The number of aromatic hydroxyl groups is 1. The number of sulfone groups is 1. The number of nitrogens with zero attached hydrogens (tertiary/aromatic N) is 2. The molecule has 1 heterocycles. The zero-order valence-electron chi connectivity index (χ0n) is 24.1. The van der Waals surface area contributed by atoms with Gasteiger partial charge < -0.3 is 15.6 Å². The molecule has 2 amide bonds. The molecule has 0 aliphatic heterocycles. The average molecular weight is 644 g/mol. The molecule has 0 bridgehead atoms. The number of phenols is 1. The number of amides is 2. The van der Waals surface area contributed by atoms with Gasteiger partial charge in [0.25, 0.3) is 0 Å². The monoisotopic (exact) mass is 643 g/mol. The second-order valence-corrected chi connectivity index (χ2v) is 12.9. The van der Waals surface area contributed by atoms with Crippen LogP contribution in [0.15, 0.2) is 108 Å². The number of fused-ring (bicyclic) bond motifs is 1. The molecule has 0 aliphatic carbocycles. The van der Waals surface area contributed by atoms with Gasteiger partial charge >= 0.3 is 0 Å². The summed E-state index contributed by atoms with van der Waals surface area (Å²) in [6.07, 6.45) is 0.0332. The summed E-state index contributed by atoms with van der Waals surface area (Å²) >= 11 is 5.88. The number of para-hydroxylation sites is 1. The number of phenolic OH excluding ortho intramolecular Hbond substituents is 1. The van der Waals surface area contributed by atoms with Gasteiger partial charge in [-0.3, -0.25) is 14.5 Å². The number of primary amides is 1. The first kappa shape index (κ1) is 31.5. The van der Waals surface area contributed by atoms with Crippen molar-refractivity contribution in [3.8, 4) is 11.5 Å². The normalized spacial score (nSPS) is 11.3. The number of rotatable bonds is 12. The van der Waals surface area contributed by atoms with Gasteiger partial charge in [-0.1, -0.05) is 48.0 Å². The standard InChI is InChI=1S/C34H30ClN3O6S/c35-25-12-15-29(16-13-25)45(42,43)18-4-5-23-10-17-32(39)31(19-23)38(34(41)21-33(36)40)27-7-3-8-28(20-27)44-22-26-14-11-24-6-1-2-9-30(24)37-26/h1-3,6-17,19-20,39H,4-5,18,21-22H2,(H2,36,40). The molecular formula is C34H30ClN3O6S. The van der Waals surface area contributed by atoms with Crippen molar-refractivity contribution in [3.63, 3.8) is 0 Å². The van der Waals surface area contributed by atoms with E-state index in [1.807, 2.05) is 36.4 Å². The molecule has 0 spiro atoms. The summed E-state index contributed by atoms with van der Waals surface area (Å²) in [5.74, 6) is -1.38. The summed E-state index contributed by atoms with van der Waals surface area (Å²) in [5.41, 5.74) is 8.04.